The molecule has 150 valence electrons. The van der Waals surface area contributed by atoms with E-state index in [2.05, 4.69) is 26.1 Å². The number of pyridine rings is 2. The van der Waals surface area contributed by atoms with Crippen LogP contribution in [0, 0.1) is 13.8 Å². The third kappa shape index (κ3) is 3.63. The lowest BCUT2D eigenvalue weighted by Gasteiger charge is -2.39. The topological polar surface area (TPSA) is 73.5 Å². The molecule has 7 heteroatoms. The summed E-state index contributed by atoms with van der Waals surface area (Å²) in [5.74, 6) is 1.38. The van der Waals surface area contributed by atoms with E-state index in [9.17, 15) is 0 Å². The fourth-order valence-electron chi connectivity index (χ4n) is 3.81. The lowest BCUT2D eigenvalue weighted by atomic mass is 10.00. The molecule has 0 aliphatic carbocycles. The second-order valence-corrected chi connectivity index (χ2v) is 7.75. The molecule has 0 N–H and O–H groups in total. The Labute approximate surface area is 169 Å². The molecule has 0 radical (unpaired) electrons. The van der Waals surface area contributed by atoms with E-state index < -0.39 is 0 Å². The Bertz CT molecular complexity index is 1010. The molecule has 5 heterocycles. The van der Waals surface area contributed by atoms with Gasteiger partial charge in [0.25, 0.3) is 0 Å². The van der Waals surface area contributed by atoms with Gasteiger partial charge in [0.1, 0.15) is 18.1 Å². The molecule has 7 nitrogen and oxygen atoms in total. The molecule has 1 saturated heterocycles. The van der Waals surface area contributed by atoms with E-state index in [4.69, 9.17) is 14.0 Å². The molecule has 5 rings (SSSR count). The SMILES string of the molecule is Cc1ccc(-c2noc(C)c2COc2cc3c(cn2)CN(C2COC2)CC3)cn1. The summed E-state index contributed by atoms with van der Waals surface area (Å²) in [7, 11) is 0. The largest absolute Gasteiger partial charge is 0.473 e. The maximum Gasteiger partial charge on any atom is 0.213 e. The van der Waals surface area contributed by atoms with Gasteiger partial charge in [-0.3, -0.25) is 9.88 Å². The van der Waals surface area contributed by atoms with Gasteiger partial charge >= 0.3 is 0 Å². The average Bonchev–Trinajstić information content (AvgIpc) is 3.06. The van der Waals surface area contributed by atoms with Crippen LogP contribution in [0.3, 0.4) is 0 Å². The Kier molecular flexibility index (Phi) is 4.77. The number of hydrogen-bond acceptors (Lipinski definition) is 7. The second kappa shape index (κ2) is 7.57. The maximum absolute atomic E-state index is 6.02. The fourth-order valence-corrected chi connectivity index (χ4v) is 3.81. The maximum atomic E-state index is 6.02. The van der Waals surface area contributed by atoms with Gasteiger partial charge in [0.2, 0.25) is 5.88 Å². The minimum absolute atomic E-state index is 0.357. The number of fused-ring (bicyclic) bond motifs is 1. The first-order valence-corrected chi connectivity index (χ1v) is 9.98. The van der Waals surface area contributed by atoms with Crippen molar-refractivity contribution in [2.24, 2.45) is 0 Å². The van der Waals surface area contributed by atoms with Crippen LogP contribution in [0.5, 0.6) is 5.88 Å². The first-order chi connectivity index (χ1) is 14.2. The van der Waals surface area contributed by atoms with Crippen LogP contribution in [-0.2, 0) is 24.3 Å². The number of hydrogen-bond donors (Lipinski definition) is 0. The lowest BCUT2D eigenvalue weighted by molar-refractivity contribution is -0.0695. The van der Waals surface area contributed by atoms with Crippen LogP contribution < -0.4 is 4.74 Å². The summed E-state index contributed by atoms with van der Waals surface area (Å²) in [6, 6.07) is 6.60. The van der Waals surface area contributed by atoms with Gasteiger partial charge < -0.3 is 14.0 Å². The normalized spacial score (nSPS) is 17.0. The monoisotopic (exact) mass is 392 g/mol. The summed E-state index contributed by atoms with van der Waals surface area (Å²) in [5, 5.41) is 4.21. The smallest absolute Gasteiger partial charge is 0.213 e. The van der Waals surface area contributed by atoms with Crippen LogP contribution in [-0.4, -0.2) is 45.8 Å². The zero-order valence-electron chi connectivity index (χ0n) is 16.7. The molecule has 0 bridgehead atoms. The minimum Gasteiger partial charge on any atom is -0.473 e. The Morgan fingerprint density at radius 1 is 1.14 bits per heavy atom. The summed E-state index contributed by atoms with van der Waals surface area (Å²) < 4.78 is 16.8. The highest BCUT2D eigenvalue weighted by Crippen LogP contribution is 2.28. The third-order valence-electron chi connectivity index (χ3n) is 5.77. The summed E-state index contributed by atoms with van der Waals surface area (Å²) in [6.07, 6.45) is 4.77. The molecule has 0 unspecified atom stereocenters. The Morgan fingerprint density at radius 2 is 2.03 bits per heavy atom. The molecular weight excluding hydrogens is 368 g/mol. The van der Waals surface area contributed by atoms with Crippen molar-refractivity contribution in [1.82, 2.24) is 20.0 Å². The molecule has 3 aromatic heterocycles. The van der Waals surface area contributed by atoms with E-state index in [1.165, 1.54) is 11.1 Å². The zero-order valence-corrected chi connectivity index (χ0v) is 16.7. The van der Waals surface area contributed by atoms with Crippen molar-refractivity contribution in [2.45, 2.75) is 39.5 Å². The highest BCUT2D eigenvalue weighted by Gasteiger charge is 2.29. The Balaban J connectivity index is 1.30. The Morgan fingerprint density at radius 3 is 2.79 bits per heavy atom. The first kappa shape index (κ1) is 18.3. The van der Waals surface area contributed by atoms with Gasteiger partial charge in [-0.15, -0.1) is 0 Å². The molecule has 0 aromatic carbocycles. The van der Waals surface area contributed by atoms with Crippen LogP contribution in [0.1, 0.15) is 28.1 Å². The summed E-state index contributed by atoms with van der Waals surface area (Å²) in [4.78, 5) is 11.4. The molecule has 0 amide bonds. The van der Waals surface area contributed by atoms with E-state index in [1.54, 1.807) is 0 Å². The van der Waals surface area contributed by atoms with E-state index in [0.29, 0.717) is 18.5 Å². The van der Waals surface area contributed by atoms with Gasteiger partial charge in [0.15, 0.2) is 0 Å². The number of rotatable bonds is 5. The number of ether oxygens (including phenoxy) is 2. The highest BCUT2D eigenvalue weighted by molar-refractivity contribution is 5.62. The molecule has 2 aliphatic heterocycles. The van der Waals surface area contributed by atoms with Gasteiger partial charge in [0, 0.05) is 42.8 Å². The second-order valence-electron chi connectivity index (χ2n) is 7.75. The van der Waals surface area contributed by atoms with E-state index in [1.807, 2.05) is 38.4 Å². The van der Waals surface area contributed by atoms with Gasteiger partial charge in [-0.2, -0.15) is 0 Å². The third-order valence-corrected chi connectivity index (χ3v) is 5.77. The van der Waals surface area contributed by atoms with Crippen molar-refractivity contribution in [3.8, 4) is 17.1 Å². The van der Waals surface area contributed by atoms with E-state index in [-0.39, 0.29) is 0 Å². The van der Waals surface area contributed by atoms with Crippen molar-refractivity contribution in [2.75, 3.05) is 19.8 Å². The zero-order chi connectivity index (χ0) is 19.8. The molecular formula is C22H24N4O3. The van der Waals surface area contributed by atoms with Crippen molar-refractivity contribution >= 4 is 0 Å². The number of nitrogens with zero attached hydrogens (tertiary/aromatic N) is 4. The molecule has 0 saturated carbocycles. The Hall–Kier alpha value is -2.77. The molecule has 2 aliphatic rings. The average molecular weight is 392 g/mol. The standard InChI is InChI=1S/C22H24N4O3/c1-14-3-4-17(8-23-14)22-20(15(2)29-25-22)13-28-21-7-16-5-6-26(19-11-27-12-19)10-18(16)9-24-21/h3-4,7-9,19H,5-6,10-13H2,1-2H3. The quantitative estimate of drug-likeness (QED) is 0.661. The molecule has 3 aromatic rings. The fraction of sp³-hybridized carbons (Fsp3) is 0.409. The summed E-state index contributed by atoms with van der Waals surface area (Å²) in [5.41, 5.74) is 6.18. The summed E-state index contributed by atoms with van der Waals surface area (Å²) >= 11 is 0. The molecule has 1 fully saturated rings. The van der Waals surface area contributed by atoms with Crippen molar-refractivity contribution < 1.29 is 14.0 Å². The predicted octanol–water partition coefficient (Wildman–Crippen LogP) is 3.08. The van der Waals surface area contributed by atoms with E-state index >= 15 is 0 Å². The van der Waals surface area contributed by atoms with Gasteiger partial charge in [-0.05, 0) is 43.5 Å². The van der Waals surface area contributed by atoms with Crippen molar-refractivity contribution in [3.63, 3.8) is 0 Å². The van der Waals surface area contributed by atoms with E-state index in [0.717, 1.165) is 61.0 Å². The van der Waals surface area contributed by atoms with Gasteiger partial charge in [-0.25, -0.2) is 4.98 Å². The van der Waals surface area contributed by atoms with Crippen LogP contribution >= 0.6 is 0 Å². The predicted molar refractivity (Wildman–Crippen MR) is 106 cm³/mol. The highest BCUT2D eigenvalue weighted by atomic mass is 16.5. The van der Waals surface area contributed by atoms with Crippen molar-refractivity contribution in [1.29, 1.82) is 0 Å². The number of aryl methyl sites for hydroxylation is 2. The molecule has 29 heavy (non-hydrogen) atoms. The lowest BCUT2D eigenvalue weighted by Crippen LogP contribution is -2.50. The molecule has 0 spiro atoms. The van der Waals surface area contributed by atoms with Crippen LogP contribution in [0.2, 0.25) is 0 Å². The van der Waals surface area contributed by atoms with Crippen molar-refractivity contribution in [3.05, 3.63) is 58.7 Å². The van der Waals surface area contributed by atoms with Crippen LogP contribution in [0.25, 0.3) is 11.3 Å². The first-order valence-electron chi connectivity index (χ1n) is 9.98. The minimum atomic E-state index is 0.357. The summed E-state index contributed by atoms with van der Waals surface area (Å²) in [6.45, 7) is 7.90. The van der Waals surface area contributed by atoms with Crippen LogP contribution in [0.15, 0.2) is 35.1 Å². The number of aromatic nitrogens is 3. The van der Waals surface area contributed by atoms with Gasteiger partial charge in [-0.1, -0.05) is 5.16 Å². The van der Waals surface area contributed by atoms with Crippen LogP contribution in [0.4, 0.5) is 0 Å². The molecule has 0 atom stereocenters. The van der Waals surface area contributed by atoms with Gasteiger partial charge in [0.05, 0.1) is 24.8 Å².